The van der Waals surface area contributed by atoms with Crippen molar-refractivity contribution in [2.45, 2.75) is 25.6 Å². The normalized spacial score (nSPS) is 23.2. The summed E-state index contributed by atoms with van der Waals surface area (Å²) in [7, 11) is 0. The fourth-order valence-corrected chi connectivity index (χ4v) is 2.13. The molecule has 2 amide bonds. The Kier molecular flexibility index (Phi) is 4.57. The summed E-state index contributed by atoms with van der Waals surface area (Å²) in [5, 5.41) is 14.4. The van der Waals surface area contributed by atoms with Crippen molar-refractivity contribution < 1.29 is 19.4 Å². The fourth-order valence-electron chi connectivity index (χ4n) is 2.13. The zero-order valence-electron chi connectivity index (χ0n) is 11.2. The monoisotopic (exact) mass is 282 g/mol. The average molecular weight is 282 g/mol. The van der Waals surface area contributed by atoms with Crippen LogP contribution in [0.1, 0.15) is 6.92 Å². The van der Waals surface area contributed by atoms with Crippen LogP contribution in [0.3, 0.4) is 0 Å². The van der Waals surface area contributed by atoms with Crippen molar-refractivity contribution >= 4 is 12.0 Å². The van der Waals surface area contributed by atoms with Gasteiger partial charge in [0.15, 0.2) is 0 Å². The fraction of sp³-hybridized carbons (Fsp3) is 0.583. The molecule has 1 fully saturated rings. The van der Waals surface area contributed by atoms with Crippen molar-refractivity contribution in [1.82, 2.24) is 20.2 Å². The Balaban J connectivity index is 1.78. The molecule has 3 atom stereocenters. The molecule has 1 aliphatic rings. The first-order valence-electron chi connectivity index (χ1n) is 6.39. The lowest BCUT2D eigenvalue weighted by molar-refractivity contribution is -0.142. The van der Waals surface area contributed by atoms with Gasteiger partial charge in [-0.3, -0.25) is 4.79 Å². The summed E-state index contributed by atoms with van der Waals surface area (Å²) in [6.07, 6.45) is 5.14. The van der Waals surface area contributed by atoms with Gasteiger partial charge >= 0.3 is 12.0 Å². The molecular formula is C12H18N4O4. The zero-order valence-corrected chi connectivity index (χ0v) is 11.2. The number of carboxylic acid groups (broad SMARTS) is 1. The molecule has 1 aromatic heterocycles. The minimum atomic E-state index is -0.959. The van der Waals surface area contributed by atoms with Crippen molar-refractivity contribution in [3.63, 3.8) is 0 Å². The van der Waals surface area contributed by atoms with E-state index in [-0.39, 0.29) is 25.3 Å². The van der Waals surface area contributed by atoms with E-state index >= 15 is 0 Å². The van der Waals surface area contributed by atoms with E-state index in [1.54, 1.807) is 18.7 Å². The Labute approximate surface area is 116 Å². The number of rotatable bonds is 5. The van der Waals surface area contributed by atoms with E-state index in [1.165, 1.54) is 0 Å². The van der Waals surface area contributed by atoms with Crippen LogP contribution in [0, 0.1) is 5.92 Å². The Hall–Kier alpha value is -2.09. The number of amides is 2. The molecular weight excluding hydrogens is 264 g/mol. The van der Waals surface area contributed by atoms with Crippen LogP contribution in [-0.2, 0) is 16.1 Å². The molecule has 0 saturated carbocycles. The van der Waals surface area contributed by atoms with Crippen LogP contribution >= 0.6 is 0 Å². The Morgan fingerprint density at radius 2 is 2.35 bits per heavy atom. The summed E-state index contributed by atoms with van der Waals surface area (Å²) in [6, 6.07) is -0.984. The number of aliphatic carboxylic acids is 1. The molecule has 3 N–H and O–H groups in total. The van der Waals surface area contributed by atoms with Crippen LogP contribution in [0.25, 0.3) is 0 Å². The molecule has 0 aromatic carbocycles. The summed E-state index contributed by atoms with van der Waals surface area (Å²) >= 11 is 0. The molecule has 1 saturated heterocycles. The minimum Gasteiger partial charge on any atom is -0.481 e. The number of carbonyl (C=O) groups is 2. The number of carboxylic acids is 1. The highest BCUT2D eigenvalue weighted by Crippen LogP contribution is 2.13. The van der Waals surface area contributed by atoms with Gasteiger partial charge in [-0.25, -0.2) is 9.78 Å². The number of urea groups is 1. The van der Waals surface area contributed by atoms with Crippen LogP contribution in [0.4, 0.5) is 4.79 Å². The minimum absolute atomic E-state index is 0.102. The predicted octanol–water partition coefficient (Wildman–Crippen LogP) is -0.330. The maximum Gasteiger partial charge on any atom is 0.315 e. The summed E-state index contributed by atoms with van der Waals surface area (Å²) in [5.74, 6) is -1.65. The second-order valence-electron chi connectivity index (χ2n) is 4.87. The van der Waals surface area contributed by atoms with Gasteiger partial charge < -0.3 is 25.0 Å². The van der Waals surface area contributed by atoms with Gasteiger partial charge in [0.1, 0.15) is 5.92 Å². The molecule has 110 valence electrons. The summed E-state index contributed by atoms with van der Waals surface area (Å²) in [6.45, 7) is 2.81. The highest BCUT2D eigenvalue weighted by Gasteiger charge is 2.35. The lowest BCUT2D eigenvalue weighted by Crippen LogP contribution is -2.50. The van der Waals surface area contributed by atoms with Gasteiger partial charge in [0.2, 0.25) is 0 Å². The second kappa shape index (κ2) is 6.38. The van der Waals surface area contributed by atoms with E-state index in [9.17, 15) is 9.59 Å². The lowest BCUT2D eigenvalue weighted by Gasteiger charge is -2.19. The van der Waals surface area contributed by atoms with Crippen LogP contribution in [-0.4, -0.2) is 52.0 Å². The van der Waals surface area contributed by atoms with Gasteiger partial charge in [0, 0.05) is 25.0 Å². The SMILES string of the molecule is CC(Cn1ccnc1)NC(=O)NC1COCC1C(=O)O. The van der Waals surface area contributed by atoms with Crippen LogP contribution in [0.5, 0.6) is 0 Å². The average Bonchev–Trinajstić information content (AvgIpc) is 2.99. The molecule has 0 radical (unpaired) electrons. The van der Waals surface area contributed by atoms with E-state index in [1.807, 2.05) is 11.5 Å². The molecule has 1 aromatic rings. The molecule has 8 heteroatoms. The molecule has 0 aliphatic carbocycles. The van der Waals surface area contributed by atoms with E-state index in [0.29, 0.717) is 6.54 Å². The first-order chi connectivity index (χ1) is 9.56. The third-order valence-corrected chi connectivity index (χ3v) is 3.14. The number of aromatic nitrogens is 2. The number of imidazole rings is 1. The third-order valence-electron chi connectivity index (χ3n) is 3.14. The smallest absolute Gasteiger partial charge is 0.315 e. The van der Waals surface area contributed by atoms with Crippen molar-refractivity contribution in [3.05, 3.63) is 18.7 Å². The first kappa shape index (κ1) is 14.3. The van der Waals surface area contributed by atoms with Gasteiger partial charge in [0.05, 0.1) is 25.6 Å². The predicted molar refractivity (Wildman–Crippen MR) is 69.1 cm³/mol. The van der Waals surface area contributed by atoms with E-state index in [2.05, 4.69) is 15.6 Å². The molecule has 1 aliphatic heterocycles. The Bertz CT molecular complexity index is 462. The molecule has 0 spiro atoms. The molecule has 20 heavy (non-hydrogen) atoms. The standard InChI is InChI=1S/C12H18N4O4/c1-8(4-16-3-2-13-7-16)14-12(19)15-10-6-20-5-9(10)11(17)18/h2-3,7-10H,4-6H2,1H3,(H,17,18)(H2,14,15,19). The number of hydrogen-bond donors (Lipinski definition) is 3. The van der Waals surface area contributed by atoms with Crippen molar-refractivity contribution in [2.24, 2.45) is 5.92 Å². The third kappa shape index (κ3) is 3.70. The number of carbonyl (C=O) groups excluding carboxylic acids is 1. The Morgan fingerprint density at radius 1 is 1.55 bits per heavy atom. The maximum atomic E-state index is 11.8. The second-order valence-corrected chi connectivity index (χ2v) is 4.87. The van der Waals surface area contributed by atoms with Gasteiger partial charge in [-0.15, -0.1) is 0 Å². The topological polar surface area (TPSA) is 105 Å². The maximum absolute atomic E-state index is 11.8. The first-order valence-corrected chi connectivity index (χ1v) is 6.39. The number of nitrogens with one attached hydrogen (secondary N) is 2. The van der Waals surface area contributed by atoms with Gasteiger partial charge in [-0.05, 0) is 6.92 Å². The van der Waals surface area contributed by atoms with Gasteiger partial charge in [0.25, 0.3) is 0 Å². The molecule has 8 nitrogen and oxygen atoms in total. The van der Waals surface area contributed by atoms with E-state index in [4.69, 9.17) is 9.84 Å². The highest BCUT2D eigenvalue weighted by molar-refractivity contribution is 5.77. The van der Waals surface area contributed by atoms with E-state index < -0.39 is 17.9 Å². The summed E-state index contributed by atoms with van der Waals surface area (Å²) in [5.41, 5.74) is 0. The van der Waals surface area contributed by atoms with Crippen molar-refractivity contribution in [3.8, 4) is 0 Å². The van der Waals surface area contributed by atoms with Gasteiger partial charge in [-0.1, -0.05) is 0 Å². The lowest BCUT2D eigenvalue weighted by atomic mass is 10.0. The number of hydrogen-bond acceptors (Lipinski definition) is 4. The quantitative estimate of drug-likeness (QED) is 0.686. The summed E-state index contributed by atoms with van der Waals surface area (Å²) in [4.78, 5) is 26.7. The molecule has 2 rings (SSSR count). The van der Waals surface area contributed by atoms with Crippen molar-refractivity contribution in [1.29, 1.82) is 0 Å². The molecule has 2 heterocycles. The van der Waals surface area contributed by atoms with Gasteiger partial charge in [-0.2, -0.15) is 0 Å². The number of nitrogens with zero attached hydrogens (tertiary/aromatic N) is 2. The zero-order chi connectivity index (χ0) is 14.5. The highest BCUT2D eigenvalue weighted by atomic mass is 16.5. The largest absolute Gasteiger partial charge is 0.481 e. The number of ether oxygens (including phenoxy) is 1. The summed E-state index contributed by atoms with van der Waals surface area (Å²) < 4.78 is 6.94. The molecule has 3 unspecified atom stereocenters. The Morgan fingerprint density at radius 3 is 3.00 bits per heavy atom. The molecule has 0 bridgehead atoms. The van der Waals surface area contributed by atoms with E-state index in [0.717, 1.165) is 0 Å². The van der Waals surface area contributed by atoms with Crippen molar-refractivity contribution in [2.75, 3.05) is 13.2 Å². The van der Waals surface area contributed by atoms with Crippen LogP contribution in [0.2, 0.25) is 0 Å². The van der Waals surface area contributed by atoms with Crippen LogP contribution in [0.15, 0.2) is 18.7 Å². The van der Waals surface area contributed by atoms with Crippen LogP contribution < -0.4 is 10.6 Å².